The second-order valence-corrected chi connectivity index (χ2v) is 12.1. The Morgan fingerprint density at radius 2 is 1.03 bits per heavy atom. The lowest BCUT2D eigenvalue weighted by molar-refractivity contribution is 0.452. The zero-order chi connectivity index (χ0) is 20.6. The predicted molar refractivity (Wildman–Crippen MR) is 141 cm³/mol. The summed E-state index contributed by atoms with van der Waals surface area (Å²) in [6, 6.07) is 0. The van der Waals surface area contributed by atoms with E-state index >= 15 is 0 Å². The summed E-state index contributed by atoms with van der Waals surface area (Å²) in [4.78, 5) is 0. The number of thiocarbonyl (C=S) groups is 1. The first kappa shape index (κ1) is 25.8. The van der Waals surface area contributed by atoms with Crippen LogP contribution in [0.2, 0.25) is 11.6 Å². The Bertz CT molecular complexity index is 390. The van der Waals surface area contributed by atoms with Crippen LogP contribution in [-0.4, -0.2) is 10.2 Å². The highest BCUT2D eigenvalue weighted by Crippen LogP contribution is 2.50. The minimum Gasteiger partial charge on any atom is -0.169 e. The van der Waals surface area contributed by atoms with Crippen molar-refractivity contribution in [1.82, 2.24) is 0 Å². The number of rotatable bonds is 17. The van der Waals surface area contributed by atoms with Crippen molar-refractivity contribution >= 4 is 34.0 Å². The van der Waals surface area contributed by atoms with E-state index in [1.54, 1.807) is 0 Å². The van der Waals surface area contributed by atoms with Gasteiger partial charge in [-0.1, -0.05) is 159 Å². The molecule has 3 heteroatoms. The van der Waals surface area contributed by atoms with Crippen LogP contribution in [0, 0.1) is 0 Å². The second-order valence-electron chi connectivity index (χ2n) is 10.0. The first-order valence-electron chi connectivity index (χ1n) is 13.5. The average molecular weight is 437 g/mol. The van der Waals surface area contributed by atoms with Crippen molar-refractivity contribution in [3.63, 3.8) is 0 Å². The van der Waals surface area contributed by atoms with Gasteiger partial charge in [-0.15, -0.1) is 0 Å². The summed E-state index contributed by atoms with van der Waals surface area (Å²) in [5.74, 6) is 2.87. The van der Waals surface area contributed by atoms with Crippen LogP contribution in [0.15, 0.2) is 0 Å². The molecule has 0 aromatic carbocycles. The molecular formula is C26H49BS2. The minimum absolute atomic E-state index is 0.890. The number of fused-ring (bicyclic) bond motifs is 2. The van der Waals surface area contributed by atoms with Crippen LogP contribution in [0.1, 0.15) is 148 Å². The predicted octanol–water partition coefficient (Wildman–Crippen LogP) is 10.4. The molecule has 0 N–H and O–H groups in total. The van der Waals surface area contributed by atoms with Crippen molar-refractivity contribution in [3.8, 4) is 0 Å². The molecule has 0 amide bonds. The molecule has 29 heavy (non-hydrogen) atoms. The standard InChI is InChI=1S/C26H49BS2/c1-2-3-4-5-6-7-8-9-10-11-12-13-14-15-16-23-26(28)29-27-24-19-17-20-25(27)22-18-21-24/h24-25H,2-23H2,1H3. The molecule has 2 heterocycles. The fourth-order valence-corrected chi connectivity index (χ4v) is 7.63. The van der Waals surface area contributed by atoms with Gasteiger partial charge in [-0.3, -0.25) is 0 Å². The summed E-state index contributed by atoms with van der Waals surface area (Å²) >= 11 is 7.91. The summed E-state index contributed by atoms with van der Waals surface area (Å²) < 4.78 is 1.34. The van der Waals surface area contributed by atoms with E-state index in [4.69, 9.17) is 12.2 Å². The highest BCUT2D eigenvalue weighted by Gasteiger charge is 2.40. The van der Waals surface area contributed by atoms with Gasteiger partial charge in [0.15, 0.2) is 0 Å². The van der Waals surface area contributed by atoms with Crippen LogP contribution in [0.4, 0.5) is 0 Å². The van der Waals surface area contributed by atoms with Gasteiger partial charge in [0.25, 0.3) is 0 Å². The maximum Gasteiger partial charge on any atom is 0.222 e. The third-order valence-corrected chi connectivity index (χ3v) is 9.48. The Morgan fingerprint density at radius 3 is 1.45 bits per heavy atom. The number of hydrogen-bond donors (Lipinski definition) is 0. The van der Waals surface area contributed by atoms with E-state index in [0.717, 1.165) is 17.6 Å². The van der Waals surface area contributed by atoms with E-state index in [0.29, 0.717) is 0 Å². The summed E-state index contributed by atoms with van der Waals surface area (Å²) in [5.41, 5.74) is 0. The Hall–Kier alpha value is 0.505. The molecule has 2 saturated heterocycles. The third-order valence-electron chi connectivity index (χ3n) is 7.48. The van der Waals surface area contributed by atoms with Crippen LogP contribution in [0.25, 0.3) is 0 Å². The van der Waals surface area contributed by atoms with Crippen LogP contribution in [-0.2, 0) is 0 Å². The molecule has 2 rings (SSSR count). The lowest BCUT2D eigenvalue weighted by atomic mass is 9.42. The second kappa shape index (κ2) is 17.1. The van der Waals surface area contributed by atoms with Gasteiger partial charge in [0.1, 0.15) is 0 Å². The van der Waals surface area contributed by atoms with Gasteiger partial charge in [0.2, 0.25) is 5.99 Å². The van der Waals surface area contributed by atoms with E-state index in [-0.39, 0.29) is 0 Å². The molecule has 0 aromatic heterocycles. The van der Waals surface area contributed by atoms with Crippen molar-refractivity contribution in [1.29, 1.82) is 0 Å². The average Bonchev–Trinajstić information content (AvgIpc) is 2.71. The van der Waals surface area contributed by atoms with Crippen LogP contribution < -0.4 is 0 Å². The van der Waals surface area contributed by atoms with Gasteiger partial charge in [-0.25, -0.2) is 0 Å². The van der Waals surface area contributed by atoms with Gasteiger partial charge < -0.3 is 0 Å². The zero-order valence-electron chi connectivity index (χ0n) is 19.6. The van der Waals surface area contributed by atoms with Crippen molar-refractivity contribution in [2.45, 2.75) is 160 Å². The highest BCUT2D eigenvalue weighted by atomic mass is 32.2. The SMILES string of the molecule is CCCCCCCCCCCCCCCCCC(=S)SB1C2CCCC1CCC2. The minimum atomic E-state index is 0.890. The Balaban J connectivity index is 1.33. The molecule has 168 valence electrons. The van der Waals surface area contributed by atoms with Crippen molar-refractivity contribution in [3.05, 3.63) is 0 Å². The van der Waals surface area contributed by atoms with E-state index in [2.05, 4.69) is 18.5 Å². The van der Waals surface area contributed by atoms with E-state index in [9.17, 15) is 0 Å². The molecule has 0 spiro atoms. The van der Waals surface area contributed by atoms with Crippen LogP contribution in [0.3, 0.4) is 0 Å². The fourth-order valence-electron chi connectivity index (χ4n) is 5.66. The van der Waals surface area contributed by atoms with Crippen molar-refractivity contribution < 1.29 is 0 Å². The first-order valence-corrected chi connectivity index (χ1v) is 14.8. The van der Waals surface area contributed by atoms with Crippen molar-refractivity contribution in [2.24, 2.45) is 0 Å². The molecule has 0 radical (unpaired) electrons. The topological polar surface area (TPSA) is 0 Å². The molecule has 2 fully saturated rings. The lowest BCUT2D eigenvalue weighted by Gasteiger charge is -2.39. The molecule has 2 aliphatic rings. The molecule has 0 saturated carbocycles. The largest absolute Gasteiger partial charge is 0.222 e. The van der Waals surface area contributed by atoms with Gasteiger partial charge in [-0.05, 0) is 12.8 Å². The third kappa shape index (κ3) is 11.6. The molecule has 0 atom stereocenters. The Kier molecular flexibility index (Phi) is 15.2. The van der Waals surface area contributed by atoms with Crippen LogP contribution in [0.5, 0.6) is 0 Å². The van der Waals surface area contributed by atoms with Gasteiger partial charge in [0.05, 0.1) is 0 Å². The maximum atomic E-state index is 5.78. The molecule has 0 aromatic rings. The summed E-state index contributed by atoms with van der Waals surface area (Å²) in [6.07, 6.45) is 31.7. The highest BCUT2D eigenvalue weighted by molar-refractivity contribution is 8.41. The summed E-state index contributed by atoms with van der Waals surface area (Å²) in [7, 11) is 0. The molecule has 0 aliphatic carbocycles. The lowest BCUT2D eigenvalue weighted by Crippen LogP contribution is -2.32. The molecule has 2 bridgehead atoms. The van der Waals surface area contributed by atoms with E-state index in [1.807, 2.05) is 0 Å². The molecule has 2 aliphatic heterocycles. The first-order chi connectivity index (χ1) is 14.3. The summed E-state index contributed by atoms with van der Waals surface area (Å²) in [5, 5.41) is 0. The molecule has 0 unspecified atom stereocenters. The van der Waals surface area contributed by atoms with Gasteiger partial charge >= 0.3 is 0 Å². The molecule has 0 nitrogen and oxygen atoms in total. The van der Waals surface area contributed by atoms with Crippen molar-refractivity contribution in [2.75, 3.05) is 0 Å². The molecular weight excluding hydrogens is 387 g/mol. The monoisotopic (exact) mass is 436 g/mol. The Labute approximate surface area is 193 Å². The van der Waals surface area contributed by atoms with E-state index < -0.39 is 0 Å². The summed E-state index contributed by atoms with van der Waals surface area (Å²) in [6.45, 7) is 2.30. The number of unbranched alkanes of at least 4 members (excludes halogenated alkanes) is 14. The normalized spacial score (nSPS) is 21.5. The zero-order valence-corrected chi connectivity index (χ0v) is 21.2. The fraction of sp³-hybridized carbons (Fsp3) is 0.962. The van der Waals surface area contributed by atoms with Gasteiger partial charge in [0, 0.05) is 4.20 Å². The Morgan fingerprint density at radius 1 is 0.655 bits per heavy atom. The smallest absolute Gasteiger partial charge is 0.169 e. The van der Waals surface area contributed by atoms with E-state index in [1.165, 1.54) is 145 Å². The number of hydrogen-bond acceptors (Lipinski definition) is 2. The maximum absolute atomic E-state index is 5.78. The quantitative estimate of drug-likeness (QED) is 0.126. The van der Waals surface area contributed by atoms with Crippen LogP contribution >= 0.6 is 23.8 Å². The van der Waals surface area contributed by atoms with Gasteiger partial charge in [-0.2, -0.15) is 11.6 Å².